The van der Waals surface area contributed by atoms with Crippen molar-refractivity contribution in [1.82, 2.24) is 10.2 Å². The van der Waals surface area contributed by atoms with E-state index in [4.69, 9.17) is 0 Å². The predicted octanol–water partition coefficient (Wildman–Crippen LogP) is 2.09. The molecule has 2 atom stereocenters. The molecular weight excluding hydrogens is 252 g/mol. The summed E-state index contributed by atoms with van der Waals surface area (Å²) >= 11 is 0. The van der Waals surface area contributed by atoms with Crippen molar-refractivity contribution < 1.29 is 9.90 Å². The van der Waals surface area contributed by atoms with Crippen molar-refractivity contribution in [1.29, 1.82) is 0 Å². The van der Waals surface area contributed by atoms with Crippen LogP contribution >= 0.6 is 0 Å². The molecule has 2 N–H and O–H groups in total. The van der Waals surface area contributed by atoms with Crippen molar-refractivity contribution in [3.63, 3.8) is 0 Å². The predicted molar refractivity (Wildman–Crippen MR) is 78.7 cm³/mol. The number of nitrogens with zero attached hydrogens (tertiary/aromatic N) is 1. The average Bonchev–Trinajstić information content (AvgIpc) is 2.87. The van der Waals surface area contributed by atoms with E-state index in [2.05, 4.69) is 10.2 Å². The van der Waals surface area contributed by atoms with Crippen LogP contribution in [0.2, 0.25) is 0 Å². The number of nitrogens with one attached hydrogen (secondary N) is 1. The van der Waals surface area contributed by atoms with Gasteiger partial charge in [0.05, 0.1) is 5.92 Å². The summed E-state index contributed by atoms with van der Waals surface area (Å²) in [5.74, 6) is 0.0458. The maximum absolute atomic E-state index is 11.4. The molecule has 20 heavy (non-hydrogen) atoms. The van der Waals surface area contributed by atoms with Gasteiger partial charge in [-0.15, -0.1) is 0 Å². The Labute approximate surface area is 121 Å². The normalized spacial score (nSPS) is 33.2. The minimum Gasteiger partial charge on any atom is -0.481 e. The van der Waals surface area contributed by atoms with E-state index in [-0.39, 0.29) is 5.92 Å². The van der Waals surface area contributed by atoms with Crippen LogP contribution in [-0.4, -0.2) is 47.7 Å². The summed E-state index contributed by atoms with van der Waals surface area (Å²) in [6.45, 7) is 2.91. The topological polar surface area (TPSA) is 52.6 Å². The van der Waals surface area contributed by atoms with Crippen LogP contribution in [0.5, 0.6) is 0 Å². The molecule has 4 nitrogen and oxygen atoms in total. The zero-order valence-corrected chi connectivity index (χ0v) is 12.4. The smallest absolute Gasteiger partial charge is 0.307 e. The van der Waals surface area contributed by atoms with E-state index in [0.717, 1.165) is 32.0 Å². The molecule has 3 rings (SSSR count). The fourth-order valence-electron chi connectivity index (χ4n) is 4.06. The van der Waals surface area contributed by atoms with Crippen molar-refractivity contribution >= 4 is 5.97 Å². The van der Waals surface area contributed by atoms with Crippen LogP contribution in [0.25, 0.3) is 0 Å². The average molecular weight is 280 g/mol. The summed E-state index contributed by atoms with van der Waals surface area (Å²) in [7, 11) is 0. The maximum Gasteiger partial charge on any atom is 0.307 e. The van der Waals surface area contributed by atoms with Crippen LogP contribution in [0.1, 0.15) is 51.4 Å². The van der Waals surface area contributed by atoms with E-state index >= 15 is 0 Å². The molecule has 0 aromatic rings. The summed E-state index contributed by atoms with van der Waals surface area (Å²) in [6, 6.07) is 1.04. The highest BCUT2D eigenvalue weighted by molar-refractivity contribution is 5.70. The van der Waals surface area contributed by atoms with Crippen molar-refractivity contribution in [3.8, 4) is 0 Å². The fraction of sp³-hybridized carbons (Fsp3) is 0.938. The summed E-state index contributed by atoms with van der Waals surface area (Å²) < 4.78 is 0. The van der Waals surface area contributed by atoms with Crippen LogP contribution in [0.3, 0.4) is 0 Å². The van der Waals surface area contributed by atoms with E-state index in [9.17, 15) is 9.90 Å². The van der Waals surface area contributed by atoms with Crippen LogP contribution in [-0.2, 0) is 4.79 Å². The molecule has 0 spiro atoms. The number of rotatable bonds is 5. The molecular formula is C16H28N2O2. The first-order valence-electron chi connectivity index (χ1n) is 8.42. The summed E-state index contributed by atoms with van der Waals surface area (Å²) in [4.78, 5) is 13.8. The third-order valence-electron chi connectivity index (χ3n) is 5.59. The second-order valence-corrected chi connectivity index (χ2v) is 7.07. The molecule has 0 amide bonds. The van der Waals surface area contributed by atoms with Crippen molar-refractivity contribution in [2.75, 3.05) is 19.6 Å². The first kappa shape index (κ1) is 14.3. The summed E-state index contributed by atoms with van der Waals surface area (Å²) in [6.07, 6.45) is 10.1. The molecule has 114 valence electrons. The maximum atomic E-state index is 11.4. The Bertz CT molecular complexity index is 337. The minimum atomic E-state index is -0.610. The largest absolute Gasteiger partial charge is 0.481 e. The van der Waals surface area contributed by atoms with Gasteiger partial charge in [-0.1, -0.05) is 19.3 Å². The molecule has 0 bridgehead atoms. The number of hydrogen-bond donors (Lipinski definition) is 2. The number of likely N-dealkylation sites (tertiary alicyclic amines) is 1. The molecule has 4 heteroatoms. The lowest BCUT2D eigenvalue weighted by Gasteiger charge is -2.44. The number of carboxylic acid groups (broad SMARTS) is 1. The molecule has 2 unspecified atom stereocenters. The first-order chi connectivity index (χ1) is 9.72. The first-order valence-corrected chi connectivity index (χ1v) is 8.42. The second-order valence-electron chi connectivity index (χ2n) is 7.07. The molecule has 3 fully saturated rings. The Morgan fingerprint density at radius 1 is 1.10 bits per heavy atom. The highest BCUT2D eigenvalue weighted by atomic mass is 16.4. The van der Waals surface area contributed by atoms with Gasteiger partial charge in [-0.3, -0.25) is 9.69 Å². The van der Waals surface area contributed by atoms with Crippen molar-refractivity contribution in [3.05, 3.63) is 0 Å². The van der Waals surface area contributed by atoms with Gasteiger partial charge in [-0.2, -0.15) is 0 Å². The lowest BCUT2D eigenvalue weighted by Crippen LogP contribution is -2.56. The number of carbonyl (C=O) groups is 1. The van der Waals surface area contributed by atoms with Gasteiger partial charge < -0.3 is 10.4 Å². The van der Waals surface area contributed by atoms with Crippen LogP contribution in [0.4, 0.5) is 0 Å². The fourth-order valence-corrected chi connectivity index (χ4v) is 4.06. The molecule has 2 aliphatic carbocycles. The Balaban J connectivity index is 1.52. The van der Waals surface area contributed by atoms with E-state index in [0.29, 0.717) is 12.1 Å². The molecule has 1 saturated heterocycles. The summed E-state index contributed by atoms with van der Waals surface area (Å²) in [5.41, 5.74) is 0. The third kappa shape index (κ3) is 3.34. The van der Waals surface area contributed by atoms with Gasteiger partial charge in [-0.25, -0.2) is 0 Å². The number of piperidine rings is 1. The highest BCUT2D eigenvalue weighted by Gasteiger charge is 2.36. The Morgan fingerprint density at radius 2 is 1.85 bits per heavy atom. The van der Waals surface area contributed by atoms with Gasteiger partial charge in [0.1, 0.15) is 0 Å². The van der Waals surface area contributed by atoms with Crippen LogP contribution in [0.15, 0.2) is 0 Å². The standard InChI is InChI=1S/C16H28N2O2/c19-16(20)13-8-14(17-9-12-4-1-2-5-12)11-18(10-13)15-6-3-7-15/h12-15,17H,1-11H2,(H,19,20). The highest BCUT2D eigenvalue weighted by Crippen LogP contribution is 2.30. The van der Waals surface area contributed by atoms with Crippen molar-refractivity contribution in [2.45, 2.75) is 63.5 Å². The zero-order valence-electron chi connectivity index (χ0n) is 12.4. The van der Waals surface area contributed by atoms with E-state index in [1.54, 1.807) is 0 Å². The Kier molecular flexibility index (Phi) is 4.61. The Hall–Kier alpha value is -0.610. The van der Waals surface area contributed by atoms with Gasteiger partial charge in [-0.05, 0) is 44.6 Å². The molecule has 1 heterocycles. The lowest BCUT2D eigenvalue weighted by atomic mass is 9.86. The van der Waals surface area contributed by atoms with E-state index in [1.807, 2.05) is 0 Å². The van der Waals surface area contributed by atoms with Crippen LogP contribution < -0.4 is 5.32 Å². The monoisotopic (exact) mass is 280 g/mol. The number of hydrogen-bond acceptors (Lipinski definition) is 3. The molecule has 3 aliphatic rings. The van der Waals surface area contributed by atoms with E-state index in [1.165, 1.54) is 44.9 Å². The second kappa shape index (κ2) is 6.44. The number of carboxylic acids is 1. The van der Waals surface area contributed by atoms with Crippen LogP contribution in [0, 0.1) is 11.8 Å². The zero-order chi connectivity index (χ0) is 13.9. The number of aliphatic carboxylic acids is 1. The van der Waals surface area contributed by atoms with Gasteiger partial charge >= 0.3 is 5.97 Å². The molecule has 0 aromatic heterocycles. The minimum absolute atomic E-state index is 0.176. The third-order valence-corrected chi connectivity index (χ3v) is 5.59. The van der Waals surface area contributed by atoms with Gasteiger partial charge in [0.15, 0.2) is 0 Å². The molecule has 1 aliphatic heterocycles. The van der Waals surface area contributed by atoms with E-state index < -0.39 is 5.97 Å². The molecule has 2 saturated carbocycles. The quantitative estimate of drug-likeness (QED) is 0.810. The van der Waals surface area contributed by atoms with Crippen molar-refractivity contribution in [2.24, 2.45) is 11.8 Å². The van der Waals surface area contributed by atoms with Gasteiger partial charge in [0, 0.05) is 25.2 Å². The van der Waals surface area contributed by atoms with Gasteiger partial charge in [0.25, 0.3) is 0 Å². The summed E-state index contributed by atoms with van der Waals surface area (Å²) in [5, 5.41) is 13.0. The molecule has 0 aromatic carbocycles. The Morgan fingerprint density at radius 3 is 2.45 bits per heavy atom. The van der Waals surface area contributed by atoms with Gasteiger partial charge in [0.2, 0.25) is 0 Å². The SMILES string of the molecule is O=C(O)C1CC(NCC2CCCC2)CN(C2CCC2)C1. The molecule has 0 radical (unpaired) electrons. The lowest BCUT2D eigenvalue weighted by molar-refractivity contribution is -0.144.